The molecule has 1 unspecified atom stereocenters. The van der Waals surface area contributed by atoms with Gasteiger partial charge < -0.3 is 15.0 Å². The summed E-state index contributed by atoms with van der Waals surface area (Å²) in [6, 6.07) is 0.602. The summed E-state index contributed by atoms with van der Waals surface area (Å²) in [5, 5.41) is 3.28. The number of ether oxygens (including phenoxy) is 1. The van der Waals surface area contributed by atoms with Crippen molar-refractivity contribution in [2.24, 2.45) is 0 Å². The van der Waals surface area contributed by atoms with Gasteiger partial charge in [-0.3, -0.25) is 4.79 Å². The first-order valence-electron chi connectivity index (χ1n) is 7.57. The second kappa shape index (κ2) is 7.85. The van der Waals surface area contributed by atoms with Crippen LogP contribution in [0.4, 0.5) is 0 Å². The monoisotopic (exact) mass is 270 g/mol. The molecule has 0 aliphatic heterocycles. The minimum absolute atomic E-state index is 0.171. The minimum atomic E-state index is -0.607. The Bertz CT molecular complexity index is 275. The third-order valence-corrected chi connectivity index (χ3v) is 4.22. The Hall–Kier alpha value is -0.610. The van der Waals surface area contributed by atoms with E-state index >= 15 is 0 Å². The van der Waals surface area contributed by atoms with Crippen LogP contribution >= 0.6 is 0 Å². The standard InChI is InChI=1S/C15H30N2O2/c1-5-16-15(2,14(18)19-4)12-17(3)13-10-8-6-7-9-11-13/h13,16H,5-12H2,1-4H3. The lowest BCUT2D eigenvalue weighted by Crippen LogP contribution is -2.58. The lowest BCUT2D eigenvalue weighted by molar-refractivity contribution is -0.148. The summed E-state index contributed by atoms with van der Waals surface area (Å²) in [5.41, 5.74) is -0.607. The maximum atomic E-state index is 12.0. The number of likely N-dealkylation sites (N-methyl/N-ethyl adjacent to an activating group) is 2. The summed E-state index contributed by atoms with van der Waals surface area (Å²) in [7, 11) is 3.60. The van der Waals surface area contributed by atoms with Gasteiger partial charge in [0.1, 0.15) is 5.54 Å². The Morgan fingerprint density at radius 1 is 1.32 bits per heavy atom. The van der Waals surface area contributed by atoms with Gasteiger partial charge in [-0.1, -0.05) is 32.6 Å². The third-order valence-electron chi connectivity index (χ3n) is 4.22. The van der Waals surface area contributed by atoms with Crippen molar-refractivity contribution in [3.63, 3.8) is 0 Å². The number of hydrogen-bond acceptors (Lipinski definition) is 4. The van der Waals surface area contributed by atoms with Crippen molar-refractivity contribution >= 4 is 5.97 Å². The zero-order valence-electron chi connectivity index (χ0n) is 13.0. The van der Waals surface area contributed by atoms with E-state index in [1.807, 2.05) is 13.8 Å². The number of carbonyl (C=O) groups is 1. The molecule has 0 saturated heterocycles. The van der Waals surface area contributed by atoms with Crippen LogP contribution in [0.25, 0.3) is 0 Å². The highest BCUT2D eigenvalue weighted by atomic mass is 16.5. The Kier molecular flexibility index (Phi) is 6.80. The van der Waals surface area contributed by atoms with Gasteiger partial charge in [0.15, 0.2) is 0 Å². The van der Waals surface area contributed by atoms with Gasteiger partial charge in [-0.2, -0.15) is 0 Å². The van der Waals surface area contributed by atoms with Crippen LogP contribution in [0.3, 0.4) is 0 Å². The summed E-state index contributed by atoms with van der Waals surface area (Å²) >= 11 is 0. The average Bonchev–Trinajstić information content (AvgIpc) is 2.66. The molecule has 4 heteroatoms. The van der Waals surface area contributed by atoms with Gasteiger partial charge in [-0.25, -0.2) is 0 Å². The van der Waals surface area contributed by atoms with Crippen LogP contribution < -0.4 is 5.32 Å². The molecule has 1 saturated carbocycles. The number of carbonyl (C=O) groups excluding carboxylic acids is 1. The molecule has 0 aromatic rings. The van der Waals surface area contributed by atoms with E-state index in [2.05, 4.69) is 17.3 Å². The van der Waals surface area contributed by atoms with E-state index in [-0.39, 0.29) is 5.97 Å². The Labute approximate surface area is 117 Å². The first kappa shape index (κ1) is 16.4. The highest BCUT2D eigenvalue weighted by Gasteiger charge is 2.36. The van der Waals surface area contributed by atoms with Crippen LogP contribution in [0.2, 0.25) is 0 Å². The van der Waals surface area contributed by atoms with Crippen LogP contribution in [-0.4, -0.2) is 49.7 Å². The molecule has 0 aromatic heterocycles. The number of nitrogens with zero attached hydrogens (tertiary/aromatic N) is 1. The summed E-state index contributed by atoms with van der Waals surface area (Å²) in [5.74, 6) is -0.171. The maximum Gasteiger partial charge on any atom is 0.327 e. The van der Waals surface area contributed by atoms with E-state index in [1.165, 1.54) is 45.6 Å². The minimum Gasteiger partial charge on any atom is -0.468 e. The van der Waals surface area contributed by atoms with Gasteiger partial charge >= 0.3 is 5.97 Å². The lowest BCUT2D eigenvalue weighted by Gasteiger charge is -2.36. The highest BCUT2D eigenvalue weighted by Crippen LogP contribution is 2.22. The first-order valence-corrected chi connectivity index (χ1v) is 7.57. The molecule has 4 nitrogen and oxygen atoms in total. The Balaban J connectivity index is 2.63. The fraction of sp³-hybridized carbons (Fsp3) is 0.933. The summed E-state index contributed by atoms with van der Waals surface area (Å²) in [6.45, 7) is 5.44. The summed E-state index contributed by atoms with van der Waals surface area (Å²) in [6.07, 6.45) is 7.83. The zero-order valence-corrected chi connectivity index (χ0v) is 13.0. The van der Waals surface area contributed by atoms with Gasteiger partial charge in [0.25, 0.3) is 0 Å². The molecule has 0 radical (unpaired) electrons. The Morgan fingerprint density at radius 3 is 2.37 bits per heavy atom. The van der Waals surface area contributed by atoms with E-state index in [0.717, 1.165) is 6.54 Å². The highest BCUT2D eigenvalue weighted by molar-refractivity contribution is 5.80. The second-order valence-corrected chi connectivity index (χ2v) is 5.91. The number of methoxy groups -OCH3 is 1. The van der Waals surface area contributed by atoms with Crippen molar-refractivity contribution in [3.05, 3.63) is 0 Å². The summed E-state index contributed by atoms with van der Waals surface area (Å²) < 4.78 is 4.95. The van der Waals surface area contributed by atoms with Crippen LogP contribution in [0.5, 0.6) is 0 Å². The third kappa shape index (κ3) is 4.77. The maximum absolute atomic E-state index is 12.0. The molecule has 0 amide bonds. The van der Waals surface area contributed by atoms with E-state index < -0.39 is 5.54 Å². The van der Waals surface area contributed by atoms with Crippen LogP contribution in [0.15, 0.2) is 0 Å². The van der Waals surface area contributed by atoms with Crippen LogP contribution in [0, 0.1) is 0 Å². The van der Waals surface area contributed by atoms with Crippen molar-refractivity contribution in [3.8, 4) is 0 Å². The molecule has 0 bridgehead atoms. The number of nitrogens with one attached hydrogen (secondary N) is 1. The average molecular weight is 270 g/mol. The zero-order chi connectivity index (χ0) is 14.3. The van der Waals surface area contributed by atoms with Gasteiger partial charge in [0, 0.05) is 12.6 Å². The van der Waals surface area contributed by atoms with Crippen molar-refractivity contribution in [1.29, 1.82) is 0 Å². The van der Waals surface area contributed by atoms with Crippen molar-refractivity contribution < 1.29 is 9.53 Å². The number of esters is 1. The van der Waals surface area contributed by atoms with Crippen molar-refractivity contribution in [1.82, 2.24) is 10.2 Å². The molecule has 1 rings (SSSR count). The summed E-state index contributed by atoms with van der Waals surface area (Å²) in [4.78, 5) is 14.3. The predicted molar refractivity (Wildman–Crippen MR) is 78.2 cm³/mol. The second-order valence-electron chi connectivity index (χ2n) is 5.91. The van der Waals surface area contributed by atoms with Gasteiger partial charge in [-0.05, 0) is 33.4 Å². The van der Waals surface area contributed by atoms with Gasteiger partial charge in [0.05, 0.1) is 7.11 Å². The number of rotatable bonds is 6. The number of hydrogen-bond donors (Lipinski definition) is 1. The molecule has 1 atom stereocenters. The quantitative estimate of drug-likeness (QED) is 0.593. The SMILES string of the molecule is CCNC(C)(CN(C)C1CCCCCC1)C(=O)OC. The van der Waals surface area contributed by atoms with E-state index in [0.29, 0.717) is 12.6 Å². The molecular formula is C15H30N2O2. The van der Waals surface area contributed by atoms with Crippen molar-refractivity contribution in [2.75, 3.05) is 27.2 Å². The molecule has 1 aliphatic carbocycles. The molecule has 19 heavy (non-hydrogen) atoms. The van der Waals surface area contributed by atoms with Crippen LogP contribution in [-0.2, 0) is 9.53 Å². The first-order chi connectivity index (χ1) is 9.03. The topological polar surface area (TPSA) is 41.6 Å². The molecule has 1 fully saturated rings. The fourth-order valence-electron chi connectivity index (χ4n) is 3.13. The molecule has 112 valence electrons. The predicted octanol–water partition coefficient (Wildman–Crippen LogP) is 2.18. The van der Waals surface area contributed by atoms with Crippen molar-refractivity contribution in [2.45, 2.75) is 64.0 Å². The Morgan fingerprint density at radius 2 is 1.89 bits per heavy atom. The lowest BCUT2D eigenvalue weighted by atomic mass is 9.99. The van der Waals surface area contributed by atoms with E-state index in [4.69, 9.17) is 4.74 Å². The molecular weight excluding hydrogens is 240 g/mol. The normalized spacial score (nSPS) is 20.9. The molecule has 1 N–H and O–H groups in total. The largest absolute Gasteiger partial charge is 0.468 e. The van der Waals surface area contributed by atoms with E-state index in [9.17, 15) is 4.79 Å². The van der Waals surface area contributed by atoms with E-state index in [1.54, 1.807) is 0 Å². The molecule has 1 aliphatic rings. The fourth-order valence-corrected chi connectivity index (χ4v) is 3.13. The van der Waals surface area contributed by atoms with Gasteiger partial charge in [-0.15, -0.1) is 0 Å². The smallest absolute Gasteiger partial charge is 0.327 e. The van der Waals surface area contributed by atoms with Crippen LogP contribution in [0.1, 0.15) is 52.4 Å². The molecule has 0 aromatic carbocycles. The molecule has 0 heterocycles. The van der Waals surface area contributed by atoms with Gasteiger partial charge in [0.2, 0.25) is 0 Å². The molecule has 0 spiro atoms.